The van der Waals surface area contributed by atoms with Gasteiger partial charge in [-0.1, -0.05) is 12.1 Å². The molecule has 1 fully saturated rings. The van der Waals surface area contributed by atoms with Crippen molar-refractivity contribution in [3.8, 4) is 11.5 Å². The van der Waals surface area contributed by atoms with Crippen molar-refractivity contribution in [2.24, 2.45) is 0 Å². The molecule has 0 N–H and O–H groups in total. The van der Waals surface area contributed by atoms with Crippen molar-refractivity contribution >= 4 is 17.5 Å². The van der Waals surface area contributed by atoms with Crippen molar-refractivity contribution < 1.29 is 14.3 Å². The Bertz CT molecular complexity index is 910. The lowest BCUT2D eigenvalue weighted by molar-refractivity contribution is 0.104. The molecule has 0 amide bonds. The van der Waals surface area contributed by atoms with Crippen molar-refractivity contribution in [3.63, 3.8) is 0 Å². The number of anilines is 1. The van der Waals surface area contributed by atoms with E-state index in [-0.39, 0.29) is 5.78 Å². The molecule has 0 saturated carbocycles. The number of ketones is 1. The number of nitrogens with zero attached hydrogens (tertiary/aromatic N) is 2. The van der Waals surface area contributed by atoms with Crippen molar-refractivity contribution in [1.82, 2.24) is 4.90 Å². The molecule has 5 nitrogen and oxygen atoms in total. The molecule has 5 heteroatoms. The molecule has 0 atom stereocenters. The summed E-state index contributed by atoms with van der Waals surface area (Å²) in [5.41, 5.74) is 4.79. The van der Waals surface area contributed by atoms with Gasteiger partial charge in [0.25, 0.3) is 0 Å². The summed E-state index contributed by atoms with van der Waals surface area (Å²) < 4.78 is 10.7. The first kappa shape index (κ1) is 18.6. The fourth-order valence-corrected chi connectivity index (χ4v) is 3.90. The summed E-state index contributed by atoms with van der Waals surface area (Å²) in [5.74, 6) is 1.32. The van der Waals surface area contributed by atoms with E-state index in [0.29, 0.717) is 23.5 Å². The topological polar surface area (TPSA) is 42.0 Å². The highest BCUT2D eigenvalue weighted by atomic mass is 16.5. The molecule has 1 heterocycles. The van der Waals surface area contributed by atoms with Crippen LogP contribution in [0.1, 0.15) is 21.5 Å². The van der Waals surface area contributed by atoms with Gasteiger partial charge in [-0.2, -0.15) is 0 Å². The Hall–Kier alpha value is -2.79. The van der Waals surface area contributed by atoms with E-state index in [1.165, 1.54) is 5.69 Å². The highest BCUT2D eigenvalue weighted by Crippen LogP contribution is 2.37. The van der Waals surface area contributed by atoms with E-state index in [0.717, 1.165) is 42.9 Å². The average molecular weight is 378 g/mol. The Balaban J connectivity index is 1.54. The average Bonchev–Trinajstić information content (AvgIpc) is 3.02. The van der Waals surface area contributed by atoms with Crippen molar-refractivity contribution in [3.05, 3.63) is 58.7 Å². The molecule has 2 aromatic rings. The van der Waals surface area contributed by atoms with Gasteiger partial charge < -0.3 is 19.3 Å². The van der Waals surface area contributed by atoms with Crippen LogP contribution < -0.4 is 14.4 Å². The lowest BCUT2D eigenvalue weighted by atomic mass is 10.1. The van der Waals surface area contributed by atoms with E-state index in [1.807, 2.05) is 12.1 Å². The molecule has 0 spiro atoms. The summed E-state index contributed by atoms with van der Waals surface area (Å²) in [6.45, 7) is 4.28. The minimum atomic E-state index is 0.0686. The first-order valence-electron chi connectivity index (χ1n) is 9.63. The second-order valence-corrected chi connectivity index (χ2v) is 7.42. The number of hydrogen-bond acceptors (Lipinski definition) is 5. The van der Waals surface area contributed by atoms with Crippen LogP contribution in [-0.4, -0.2) is 58.1 Å². The zero-order chi connectivity index (χ0) is 19.7. The molecule has 2 aromatic carbocycles. The zero-order valence-electron chi connectivity index (χ0n) is 16.7. The number of hydrogen-bond donors (Lipinski definition) is 0. The van der Waals surface area contributed by atoms with Gasteiger partial charge in [0.1, 0.15) is 0 Å². The highest BCUT2D eigenvalue weighted by Gasteiger charge is 2.27. The standard InChI is InChI=1S/C23H26N2O3/c1-24-8-10-25(11-9-24)19-6-4-16(5-7-19)12-18-13-17-14-21(27-2)22(28-3)15-20(17)23(18)26/h4-7,12,14-15H,8-11,13H2,1-3H3/b18-12-. The number of Topliss-reactive ketones (excluding diaryl/α,β-unsaturated/α-hetero) is 1. The lowest BCUT2D eigenvalue weighted by Gasteiger charge is -2.34. The van der Waals surface area contributed by atoms with Gasteiger partial charge in [0.15, 0.2) is 17.3 Å². The Kier molecular flexibility index (Phi) is 5.09. The maximum atomic E-state index is 12.8. The molecule has 0 radical (unpaired) electrons. The monoisotopic (exact) mass is 378 g/mol. The van der Waals surface area contributed by atoms with E-state index < -0.39 is 0 Å². The van der Waals surface area contributed by atoms with Crippen LogP contribution in [-0.2, 0) is 6.42 Å². The van der Waals surface area contributed by atoms with Gasteiger partial charge in [-0.3, -0.25) is 4.79 Å². The number of benzene rings is 2. The van der Waals surface area contributed by atoms with Crippen LogP contribution in [0.5, 0.6) is 11.5 Å². The fraction of sp³-hybridized carbons (Fsp3) is 0.348. The van der Waals surface area contributed by atoms with E-state index in [9.17, 15) is 4.79 Å². The minimum absolute atomic E-state index is 0.0686. The number of rotatable bonds is 4. The largest absolute Gasteiger partial charge is 0.493 e. The lowest BCUT2D eigenvalue weighted by Crippen LogP contribution is -2.44. The molecule has 0 aromatic heterocycles. The Morgan fingerprint density at radius 2 is 1.57 bits per heavy atom. The highest BCUT2D eigenvalue weighted by molar-refractivity contribution is 6.15. The summed E-state index contributed by atoms with van der Waals surface area (Å²) in [6, 6.07) is 12.2. The molecule has 1 aliphatic heterocycles. The third-order valence-electron chi connectivity index (χ3n) is 5.63. The van der Waals surface area contributed by atoms with Crippen LogP contribution in [0.25, 0.3) is 6.08 Å². The van der Waals surface area contributed by atoms with Gasteiger partial charge in [0.2, 0.25) is 0 Å². The first-order chi connectivity index (χ1) is 13.6. The van der Waals surface area contributed by atoms with E-state index >= 15 is 0 Å². The van der Waals surface area contributed by atoms with Crippen LogP contribution in [0.3, 0.4) is 0 Å². The minimum Gasteiger partial charge on any atom is -0.493 e. The molecule has 4 rings (SSSR count). The SMILES string of the molecule is COc1cc2c(cc1OC)C(=O)/C(=C\c1ccc(N3CCN(C)CC3)cc1)C2. The number of ether oxygens (including phenoxy) is 2. The van der Waals surface area contributed by atoms with E-state index in [2.05, 4.69) is 41.1 Å². The maximum Gasteiger partial charge on any atom is 0.189 e. The molecule has 0 bridgehead atoms. The molecule has 146 valence electrons. The molecule has 1 aliphatic carbocycles. The number of fused-ring (bicyclic) bond motifs is 1. The molecular weight excluding hydrogens is 352 g/mol. The number of piperazine rings is 1. The summed E-state index contributed by atoms with van der Waals surface area (Å²) in [5, 5.41) is 0. The number of carbonyl (C=O) groups excluding carboxylic acids is 1. The van der Waals surface area contributed by atoms with E-state index in [1.54, 1.807) is 20.3 Å². The predicted molar refractivity (Wildman–Crippen MR) is 112 cm³/mol. The van der Waals surface area contributed by atoms with Crippen LogP contribution in [0, 0.1) is 0 Å². The normalized spacial score (nSPS) is 18.5. The van der Waals surface area contributed by atoms with Crippen LogP contribution in [0.15, 0.2) is 42.0 Å². The number of allylic oxidation sites excluding steroid dienone is 1. The van der Waals surface area contributed by atoms with Crippen molar-refractivity contribution in [2.75, 3.05) is 52.3 Å². The van der Waals surface area contributed by atoms with Gasteiger partial charge in [0, 0.05) is 49.4 Å². The van der Waals surface area contributed by atoms with Crippen molar-refractivity contribution in [2.45, 2.75) is 6.42 Å². The first-order valence-corrected chi connectivity index (χ1v) is 9.63. The second-order valence-electron chi connectivity index (χ2n) is 7.42. The number of methoxy groups -OCH3 is 2. The summed E-state index contributed by atoms with van der Waals surface area (Å²) >= 11 is 0. The number of likely N-dealkylation sites (N-methyl/N-ethyl adjacent to an activating group) is 1. The zero-order valence-corrected chi connectivity index (χ0v) is 16.7. The third-order valence-corrected chi connectivity index (χ3v) is 5.63. The Morgan fingerprint density at radius 3 is 2.21 bits per heavy atom. The molecule has 0 unspecified atom stereocenters. The Morgan fingerprint density at radius 1 is 0.929 bits per heavy atom. The summed E-state index contributed by atoms with van der Waals surface area (Å²) in [4.78, 5) is 17.6. The fourth-order valence-electron chi connectivity index (χ4n) is 3.90. The quantitative estimate of drug-likeness (QED) is 0.764. The summed E-state index contributed by atoms with van der Waals surface area (Å²) in [7, 11) is 5.36. The van der Waals surface area contributed by atoms with Gasteiger partial charge in [-0.05, 0) is 48.5 Å². The molecule has 1 saturated heterocycles. The number of carbonyl (C=O) groups is 1. The van der Waals surface area contributed by atoms with E-state index in [4.69, 9.17) is 9.47 Å². The van der Waals surface area contributed by atoms with Crippen LogP contribution in [0.4, 0.5) is 5.69 Å². The van der Waals surface area contributed by atoms with Crippen molar-refractivity contribution in [1.29, 1.82) is 0 Å². The molecule has 2 aliphatic rings. The Labute approximate surface area is 166 Å². The van der Waals surface area contributed by atoms with Crippen LogP contribution in [0.2, 0.25) is 0 Å². The molecular formula is C23H26N2O3. The van der Waals surface area contributed by atoms with Gasteiger partial charge in [0.05, 0.1) is 14.2 Å². The third kappa shape index (κ3) is 3.50. The second kappa shape index (κ2) is 7.68. The molecule has 28 heavy (non-hydrogen) atoms. The van der Waals surface area contributed by atoms with Gasteiger partial charge in [-0.25, -0.2) is 0 Å². The smallest absolute Gasteiger partial charge is 0.189 e. The maximum absolute atomic E-state index is 12.8. The predicted octanol–water partition coefficient (Wildman–Crippen LogP) is 3.28. The van der Waals surface area contributed by atoms with Gasteiger partial charge >= 0.3 is 0 Å². The summed E-state index contributed by atoms with van der Waals surface area (Å²) in [6.07, 6.45) is 2.61. The van der Waals surface area contributed by atoms with Crippen LogP contribution >= 0.6 is 0 Å². The van der Waals surface area contributed by atoms with Gasteiger partial charge in [-0.15, -0.1) is 0 Å².